The van der Waals surface area contributed by atoms with E-state index in [1.165, 1.54) is 22.2 Å². The minimum atomic E-state index is -0.181. The zero-order chi connectivity index (χ0) is 21.2. The Morgan fingerprint density at radius 1 is 1.10 bits per heavy atom. The number of para-hydroxylation sites is 1. The molecule has 5 rings (SSSR count). The number of benzene rings is 2. The van der Waals surface area contributed by atoms with E-state index in [1.807, 2.05) is 71.6 Å². The molecule has 0 aliphatic heterocycles. The first kappa shape index (κ1) is 19.2. The summed E-state index contributed by atoms with van der Waals surface area (Å²) in [5.74, 6) is 0.825. The Hall–Kier alpha value is -3.78. The second kappa shape index (κ2) is 8.16. The molecule has 0 atom stereocenters. The maximum absolute atomic E-state index is 12.7. The van der Waals surface area contributed by atoms with Crippen LogP contribution in [0.15, 0.2) is 71.9 Å². The monoisotopic (exact) mass is 429 g/mol. The molecule has 154 valence electrons. The molecule has 0 aliphatic carbocycles. The van der Waals surface area contributed by atoms with E-state index in [0.717, 1.165) is 34.7 Å². The SMILES string of the molecule is CCCOc1ccc(-c2nn(-c3ccccc3)cc2C=c2sc3ncnn3c2=O)cc1. The van der Waals surface area contributed by atoms with Crippen LogP contribution in [-0.4, -0.2) is 31.0 Å². The molecule has 5 aromatic rings. The number of thiazole rings is 1. The summed E-state index contributed by atoms with van der Waals surface area (Å²) >= 11 is 1.31. The largest absolute Gasteiger partial charge is 0.494 e. The molecule has 0 saturated heterocycles. The van der Waals surface area contributed by atoms with Gasteiger partial charge in [0.05, 0.1) is 16.8 Å². The average Bonchev–Trinajstić information content (AvgIpc) is 3.51. The van der Waals surface area contributed by atoms with Crippen LogP contribution in [0.3, 0.4) is 0 Å². The van der Waals surface area contributed by atoms with Gasteiger partial charge in [0.25, 0.3) is 5.56 Å². The van der Waals surface area contributed by atoms with Gasteiger partial charge in [0, 0.05) is 17.3 Å². The van der Waals surface area contributed by atoms with Gasteiger partial charge in [0.15, 0.2) is 0 Å². The molecule has 8 heteroatoms. The van der Waals surface area contributed by atoms with Crippen molar-refractivity contribution in [3.8, 4) is 22.7 Å². The van der Waals surface area contributed by atoms with Gasteiger partial charge in [-0.25, -0.2) is 9.67 Å². The van der Waals surface area contributed by atoms with E-state index in [0.29, 0.717) is 16.1 Å². The fraction of sp³-hybridized carbons (Fsp3) is 0.130. The highest BCUT2D eigenvalue weighted by molar-refractivity contribution is 7.15. The zero-order valence-electron chi connectivity index (χ0n) is 16.8. The van der Waals surface area contributed by atoms with E-state index in [1.54, 1.807) is 0 Å². The summed E-state index contributed by atoms with van der Waals surface area (Å²) in [4.78, 5) is 17.4. The van der Waals surface area contributed by atoms with Gasteiger partial charge in [0.1, 0.15) is 17.8 Å². The summed E-state index contributed by atoms with van der Waals surface area (Å²) in [5, 5.41) is 8.82. The Kier molecular flexibility index (Phi) is 5.05. The molecular formula is C23H19N5O2S. The van der Waals surface area contributed by atoms with Crippen LogP contribution in [0.5, 0.6) is 5.75 Å². The van der Waals surface area contributed by atoms with Gasteiger partial charge in [-0.2, -0.15) is 14.7 Å². The number of hydrogen-bond acceptors (Lipinski definition) is 6. The lowest BCUT2D eigenvalue weighted by atomic mass is 10.1. The molecule has 0 radical (unpaired) electrons. The molecule has 0 bridgehead atoms. The first-order chi connectivity index (χ1) is 15.2. The summed E-state index contributed by atoms with van der Waals surface area (Å²) in [6.07, 6.45) is 6.13. The van der Waals surface area contributed by atoms with Gasteiger partial charge in [-0.15, -0.1) is 0 Å². The van der Waals surface area contributed by atoms with Gasteiger partial charge < -0.3 is 4.74 Å². The predicted octanol–water partition coefficient (Wildman–Crippen LogP) is 3.34. The molecule has 2 aromatic carbocycles. The molecule has 0 fully saturated rings. The Balaban J connectivity index is 1.63. The molecule has 0 saturated carbocycles. The summed E-state index contributed by atoms with van der Waals surface area (Å²) in [6, 6.07) is 17.7. The number of hydrogen-bond donors (Lipinski definition) is 0. The van der Waals surface area contributed by atoms with Crippen LogP contribution in [0.2, 0.25) is 0 Å². The van der Waals surface area contributed by atoms with Crippen LogP contribution in [-0.2, 0) is 0 Å². The first-order valence-electron chi connectivity index (χ1n) is 9.95. The number of nitrogens with zero attached hydrogens (tertiary/aromatic N) is 5. The second-order valence-electron chi connectivity index (χ2n) is 6.96. The van der Waals surface area contributed by atoms with Crippen LogP contribution >= 0.6 is 11.3 Å². The quantitative estimate of drug-likeness (QED) is 0.414. The van der Waals surface area contributed by atoms with Crippen LogP contribution < -0.4 is 14.8 Å². The van der Waals surface area contributed by atoms with Gasteiger partial charge in [-0.3, -0.25) is 4.79 Å². The van der Waals surface area contributed by atoms with E-state index in [9.17, 15) is 4.79 Å². The van der Waals surface area contributed by atoms with E-state index < -0.39 is 0 Å². The zero-order valence-corrected chi connectivity index (χ0v) is 17.6. The van der Waals surface area contributed by atoms with E-state index in [2.05, 4.69) is 17.0 Å². The van der Waals surface area contributed by atoms with Gasteiger partial charge in [-0.1, -0.05) is 36.5 Å². The third kappa shape index (κ3) is 3.73. The Morgan fingerprint density at radius 2 is 1.90 bits per heavy atom. The lowest BCUT2D eigenvalue weighted by molar-refractivity contribution is 0.317. The fourth-order valence-electron chi connectivity index (χ4n) is 3.28. The van der Waals surface area contributed by atoms with Crippen molar-refractivity contribution in [3.63, 3.8) is 0 Å². The molecule has 0 spiro atoms. The molecule has 0 amide bonds. The molecule has 0 unspecified atom stereocenters. The highest BCUT2D eigenvalue weighted by Gasteiger charge is 2.13. The fourth-order valence-corrected chi connectivity index (χ4v) is 4.15. The molecule has 3 heterocycles. The smallest absolute Gasteiger partial charge is 0.291 e. The van der Waals surface area contributed by atoms with Crippen LogP contribution in [0.1, 0.15) is 18.9 Å². The number of fused-ring (bicyclic) bond motifs is 1. The van der Waals surface area contributed by atoms with Gasteiger partial charge in [-0.05, 0) is 48.9 Å². The minimum Gasteiger partial charge on any atom is -0.494 e. The Labute approximate surface area is 181 Å². The highest BCUT2D eigenvalue weighted by Crippen LogP contribution is 2.26. The summed E-state index contributed by atoms with van der Waals surface area (Å²) in [5.41, 5.74) is 3.32. The maximum Gasteiger partial charge on any atom is 0.291 e. The predicted molar refractivity (Wildman–Crippen MR) is 121 cm³/mol. The second-order valence-corrected chi connectivity index (χ2v) is 7.97. The first-order valence-corrected chi connectivity index (χ1v) is 10.8. The van der Waals surface area contributed by atoms with E-state index in [4.69, 9.17) is 9.84 Å². The van der Waals surface area contributed by atoms with Crippen LogP contribution in [0.4, 0.5) is 0 Å². The molecule has 31 heavy (non-hydrogen) atoms. The van der Waals surface area contributed by atoms with E-state index >= 15 is 0 Å². The summed E-state index contributed by atoms with van der Waals surface area (Å²) < 4.78 is 9.40. The number of rotatable bonds is 6. The van der Waals surface area contributed by atoms with Crippen molar-refractivity contribution in [2.75, 3.05) is 6.61 Å². The molecular weight excluding hydrogens is 410 g/mol. The maximum atomic E-state index is 12.7. The lowest BCUT2D eigenvalue weighted by Gasteiger charge is -2.05. The van der Waals surface area contributed by atoms with Crippen molar-refractivity contribution in [3.05, 3.63) is 87.6 Å². The molecule has 0 N–H and O–H groups in total. The minimum absolute atomic E-state index is 0.181. The summed E-state index contributed by atoms with van der Waals surface area (Å²) in [7, 11) is 0. The molecule has 3 aromatic heterocycles. The van der Waals surface area contributed by atoms with Crippen LogP contribution in [0.25, 0.3) is 28.0 Å². The number of ether oxygens (including phenoxy) is 1. The van der Waals surface area contributed by atoms with Crippen molar-refractivity contribution in [2.45, 2.75) is 13.3 Å². The molecule has 7 nitrogen and oxygen atoms in total. The third-order valence-corrected chi connectivity index (χ3v) is 5.74. The average molecular weight is 430 g/mol. The van der Waals surface area contributed by atoms with Crippen molar-refractivity contribution < 1.29 is 4.74 Å². The molecule has 0 aliphatic rings. The normalized spacial score (nSPS) is 12.0. The lowest BCUT2D eigenvalue weighted by Crippen LogP contribution is -2.23. The highest BCUT2D eigenvalue weighted by atomic mass is 32.1. The van der Waals surface area contributed by atoms with Gasteiger partial charge in [0.2, 0.25) is 4.96 Å². The van der Waals surface area contributed by atoms with Crippen molar-refractivity contribution >= 4 is 22.4 Å². The Morgan fingerprint density at radius 3 is 2.65 bits per heavy atom. The van der Waals surface area contributed by atoms with Crippen molar-refractivity contribution in [1.82, 2.24) is 24.4 Å². The van der Waals surface area contributed by atoms with Crippen molar-refractivity contribution in [1.29, 1.82) is 0 Å². The van der Waals surface area contributed by atoms with Gasteiger partial charge >= 0.3 is 0 Å². The van der Waals surface area contributed by atoms with Crippen LogP contribution in [0, 0.1) is 0 Å². The topological polar surface area (TPSA) is 74.3 Å². The Bertz CT molecular complexity index is 1440. The summed E-state index contributed by atoms with van der Waals surface area (Å²) in [6.45, 7) is 2.76. The standard InChI is InChI=1S/C23H19N5O2S/c1-2-12-30-19-10-8-16(9-11-19)21-17(14-27(26-21)18-6-4-3-5-7-18)13-20-22(29)28-23(31-20)24-15-25-28/h3-11,13-15H,2,12H2,1H3. The number of aromatic nitrogens is 5. The van der Waals surface area contributed by atoms with E-state index in [-0.39, 0.29) is 5.56 Å². The third-order valence-electron chi connectivity index (χ3n) is 4.77. The van der Waals surface area contributed by atoms with Crippen molar-refractivity contribution in [2.24, 2.45) is 0 Å².